The van der Waals surface area contributed by atoms with Gasteiger partial charge in [-0.05, 0) is 44.0 Å². The van der Waals surface area contributed by atoms with Crippen LogP contribution in [0.25, 0.3) is 11.2 Å². The van der Waals surface area contributed by atoms with E-state index in [2.05, 4.69) is 57.4 Å². The standard InChI is InChI=1S/C20H20ClN5O/c1-25-10-4-6-14(25)12-27-20-23-18(21)19-22-11-17(26(19)24-20)16-9-8-13-5-2-3-7-15(13)16/h2-3,5,7,9,11,14H,4,6,8,10,12H2,1H3. The summed E-state index contributed by atoms with van der Waals surface area (Å²) in [6.07, 6.45) is 7.25. The van der Waals surface area contributed by atoms with Crippen molar-refractivity contribution in [3.8, 4) is 6.01 Å². The Labute approximate surface area is 162 Å². The van der Waals surface area contributed by atoms with Gasteiger partial charge in [0.05, 0.1) is 11.9 Å². The molecule has 0 radical (unpaired) electrons. The molecule has 1 atom stereocenters. The van der Waals surface area contributed by atoms with Gasteiger partial charge in [0, 0.05) is 11.6 Å². The van der Waals surface area contributed by atoms with Crippen molar-refractivity contribution >= 4 is 22.8 Å². The molecule has 0 bridgehead atoms. The van der Waals surface area contributed by atoms with Crippen LogP contribution < -0.4 is 4.74 Å². The fraction of sp³-hybridized carbons (Fsp3) is 0.350. The van der Waals surface area contributed by atoms with Crippen LogP contribution in [0.4, 0.5) is 0 Å². The summed E-state index contributed by atoms with van der Waals surface area (Å²) in [6.45, 7) is 1.67. The van der Waals surface area contributed by atoms with Crippen molar-refractivity contribution in [2.24, 2.45) is 0 Å². The van der Waals surface area contributed by atoms with Crippen molar-refractivity contribution in [1.29, 1.82) is 0 Å². The van der Waals surface area contributed by atoms with Gasteiger partial charge in [-0.1, -0.05) is 41.9 Å². The molecule has 3 heterocycles. The first-order chi connectivity index (χ1) is 13.2. The van der Waals surface area contributed by atoms with E-state index >= 15 is 0 Å². The quantitative estimate of drug-likeness (QED) is 0.694. The molecule has 27 heavy (non-hydrogen) atoms. The van der Waals surface area contributed by atoms with Gasteiger partial charge in [-0.15, -0.1) is 5.10 Å². The number of benzene rings is 1. The Bertz CT molecular complexity index is 1040. The molecule has 6 nitrogen and oxygen atoms in total. The van der Waals surface area contributed by atoms with Crippen LogP contribution in [0, 0.1) is 0 Å². The zero-order chi connectivity index (χ0) is 18.4. The molecule has 0 saturated carbocycles. The summed E-state index contributed by atoms with van der Waals surface area (Å²) in [6, 6.07) is 9.08. The van der Waals surface area contributed by atoms with Gasteiger partial charge in [0.1, 0.15) is 6.61 Å². The summed E-state index contributed by atoms with van der Waals surface area (Å²) in [5.41, 5.74) is 5.09. The van der Waals surface area contributed by atoms with Gasteiger partial charge in [0.25, 0.3) is 0 Å². The van der Waals surface area contributed by atoms with E-state index in [1.165, 1.54) is 17.5 Å². The van der Waals surface area contributed by atoms with Crippen molar-refractivity contribution in [3.63, 3.8) is 0 Å². The van der Waals surface area contributed by atoms with E-state index in [0.29, 0.717) is 29.5 Å². The molecule has 1 aromatic carbocycles. The largest absolute Gasteiger partial charge is 0.461 e. The van der Waals surface area contributed by atoms with Gasteiger partial charge in [-0.25, -0.2) is 9.50 Å². The average molecular weight is 382 g/mol. The maximum Gasteiger partial charge on any atom is 0.335 e. The molecule has 1 aliphatic carbocycles. The minimum absolute atomic E-state index is 0.291. The molecule has 0 N–H and O–H groups in total. The molecule has 1 aliphatic heterocycles. The number of likely N-dealkylation sites (tertiary alicyclic amines) is 1. The minimum Gasteiger partial charge on any atom is -0.461 e. The van der Waals surface area contributed by atoms with E-state index in [-0.39, 0.29) is 0 Å². The number of hydrogen-bond acceptors (Lipinski definition) is 5. The second-order valence-electron chi connectivity index (χ2n) is 7.13. The highest BCUT2D eigenvalue weighted by molar-refractivity contribution is 6.32. The van der Waals surface area contributed by atoms with Crippen molar-refractivity contribution in [2.45, 2.75) is 25.3 Å². The van der Waals surface area contributed by atoms with Gasteiger partial charge < -0.3 is 9.64 Å². The molecule has 1 fully saturated rings. The fourth-order valence-corrected chi connectivity index (χ4v) is 4.16. The van der Waals surface area contributed by atoms with Gasteiger partial charge in [-0.3, -0.25) is 0 Å². The van der Waals surface area contributed by atoms with E-state index in [1.807, 2.05) is 0 Å². The number of hydrogen-bond donors (Lipinski definition) is 0. The van der Waals surface area contributed by atoms with Crippen LogP contribution in [-0.2, 0) is 6.42 Å². The van der Waals surface area contributed by atoms with Crippen LogP contribution in [0.2, 0.25) is 5.15 Å². The van der Waals surface area contributed by atoms with Gasteiger partial charge >= 0.3 is 6.01 Å². The van der Waals surface area contributed by atoms with Crippen LogP contribution in [0.5, 0.6) is 6.01 Å². The highest BCUT2D eigenvalue weighted by atomic mass is 35.5. The number of imidazole rings is 1. The highest BCUT2D eigenvalue weighted by Gasteiger charge is 2.23. The summed E-state index contributed by atoms with van der Waals surface area (Å²) in [5, 5.41) is 4.88. The SMILES string of the molecule is CN1CCCC1COc1nc(Cl)c2ncc(C3=CCc4ccccc43)n2n1. The van der Waals surface area contributed by atoms with Gasteiger partial charge in [0.15, 0.2) is 10.8 Å². The van der Waals surface area contributed by atoms with E-state index in [1.54, 1.807) is 10.7 Å². The predicted molar refractivity (Wildman–Crippen MR) is 104 cm³/mol. The van der Waals surface area contributed by atoms with Crippen molar-refractivity contribution < 1.29 is 4.74 Å². The second-order valence-corrected chi connectivity index (χ2v) is 7.49. The molecule has 3 aromatic rings. The molecule has 1 saturated heterocycles. The molecular weight excluding hydrogens is 362 g/mol. The summed E-state index contributed by atoms with van der Waals surface area (Å²) < 4.78 is 7.64. The zero-order valence-electron chi connectivity index (χ0n) is 15.1. The monoisotopic (exact) mass is 381 g/mol. The first-order valence-electron chi connectivity index (χ1n) is 9.24. The first-order valence-corrected chi connectivity index (χ1v) is 9.61. The third-order valence-electron chi connectivity index (χ3n) is 5.49. The van der Waals surface area contributed by atoms with Crippen LogP contribution in [0.15, 0.2) is 36.5 Å². The number of aromatic nitrogens is 4. The van der Waals surface area contributed by atoms with Crippen LogP contribution in [0.3, 0.4) is 0 Å². The lowest BCUT2D eigenvalue weighted by Gasteiger charge is -2.18. The molecule has 7 heteroatoms. The first kappa shape index (κ1) is 16.7. The number of likely N-dealkylation sites (N-methyl/N-ethyl adjacent to an activating group) is 1. The third kappa shape index (κ3) is 2.89. The lowest BCUT2D eigenvalue weighted by molar-refractivity contribution is 0.186. The van der Waals surface area contributed by atoms with Crippen LogP contribution in [-0.4, -0.2) is 50.7 Å². The highest BCUT2D eigenvalue weighted by Crippen LogP contribution is 2.33. The number of nitrogens with zero attached hydrogens (tertiary/aromatic N) is 5. The Morgan fingerprint density at radius 1 is 1.30 bits per heavy atom. The van der Waals surface area contributed by atoms with Crippen LogP contribution in [0.1, 0.15) is 29.7 Å². The molecule has 2 aromatic heterocycles. The van der Waals surface area contributed by atoms with E-state index in [0.717, 1.165) is 30.7 Å². The Kier molecular flexibility index (Phi) is 4.10. The number of fused-ring (bicyclic) bond motifs is 2. The predicted octanol–water partition coefficient (Wildman–Crippen LogP) is 3.24. The second kappa shape index (κ2) is 6.62. The lowest BCUT2D eigenvalue weighted by atomic mass is 10.0. The van der Waals surface area contributed by atoms with Crippen molar-refractivity contribution in [1.82, 2.24) is 24.5 Å². The molecule has 2 aliphatic rings. The minimum atomic E-state index is 0.291. The van der Waals surface area contributed by atoms with Gasteiger partial charge in [0.2, 0.25) is 0 Å². The number of allylic oxidation sites excluding steroid dienone is 1. The van der Waals surface area contributed by atoms with Crippen molar-refractivity contribution in [3.05, 3.63) is 58.5 Å². The Morgan fingerprint density at radius 3 is 3.04 bits per heavy atom. The van der Waals surface area contributed by atoms with E-state index in [4.69, 9.17) is 16.3 Å². The van der Waals surface area contributed by atoms with E-state index in [9.17, 15) is 0 Å². The lowest BCUT2D eigenvalue weighted by Crippen LogP contribution is -2.31. The molecule has 5 rings (SSSR count). The Morgan fingerprint density at radius 2 is 2.19 bits per heavy atom. The number of rotatable bonds is 4. The maximum absolute atomic E-state index is 6.36. The number of ether oxygens (including phenoxy) is 1. The summed E-state index contributed by atoms with van der Waals surface area (Å²) in [7, 11) is 2.12. The Balaban J connectivity index is 1.49. The summed E-state index contributed by atoms with van der Waals surface area (Å²) >= 11 is 6.36. The molecule has 138 valence electrons. The average Bonchev–Trinajstić information content (AvgIpc) is 3.38. The molecule has 1 unspecified atom stereocenters. The zero-order valence-corrected chi connectivity index (χ0v) is 15.9. The van der Waals surface area contributed by atoms with Crippen LogP contribution >= 0.6 is 11.6 Å². The maximum atomic E-state index is 6.36. The Hall–Kier alpha value is -2.44. The van der Waals surface area contributed by atoms with Gasteiger partial charge in [-0.2, -0.15) is 4.98 Å². The third-order valence-corrected chi connectivity index (χ3v) is 5.74. The fourth-order valence-electron chi connectivity index (χ4n) is 3.96. The van der Waals surface area contributed by atoms with Crippen molar-refractivity contribution in [2.75, 3.05) is 20.2 Å². The smallest absolute Gasteiger partial charge is 0.335 e. The number of halogens is 1. The normalized spacial score (nSPS) is 19.5. The summed E-state index contributed by atoms with van der Waals surface area (Å²) in [4.78, 5) is 11.0. The summed E-state index contributed by atoms with van der Waals surface area (Å²) in [5.74, 6) is 0. The topological polar surface area (TPSA) is 55.5 Å². The molecular formula is C20H20ClN5O. The molecule has 0 amide bonds. The van der Waals surface area contributed by atoms with E-state index < -0.39 is 0 Å². The molecule has 0 spiro atoms.